The second kappa shape index (κ2) is 10.8. The van der Waals surface area contributed by atoms with Crippen LogP contribution in [-0.2, 0) is 13.1 Å². The maximum atomic E-state index is 10.9. The second-order valence-corrected chi connectivity index (χ2v) is 8.56. The lowest BCUT2D eigenvalue weighted by Crippen LogP contribution is -2.29. The number of methoxy groups -OCH3 is 1. The molecule has 1 heterocycles. The molecule has 1 aromatic heterocycles. The van der Waals surface area contributed by atoms with Crippen LogP contribution in [0.1, 0.15) is 11.7 Å². The zero-order chi connectivity index (χ0) is 24.9. The fraction of sp³-hybridized carbons (Fsp3) is 0.160. The summed E-state index contributed by atoms with van der Waals surface area (Å²) >= 11 is 12.1. The Kier molecular flexibility index (Phi) is 7.55. The average molecular weight is 511 g/mol. The number of nitrogens with one attached hydrogen (secondary N) is 1. The van der Waals surface area contributed by atoms with Crippen molar-refractivity contribution in [3.05, 3.63) is 88.0 Å². The molecule has 3 aromatic carbocycles. The number of nitrogens with two attached hydrogens (primary N) is 1. The van der Waals surface area contributed by atoms with Crippen molar-refractivity contribution in [1.29, 1.82) is 5.41 Å². The third-order valence-electron chi connectivity index (χ3n) is 5.58. The van der Waals surface area contributed by atoms with Crippen LogP contribution in [0.4, 0.5) is 5.69 Å². The average Bonchev–Trinajstić information content (AvgIpc) is 3.13. The van der Waals surface area contributed by atoms with E-state index in [2.05, 4.69) is 10.1 Å². The highest BCUT2D eigenvalue weighted by molar-refractivity contribution is 6.42. The highest BCUT2D eigenvalue weighted by atomic mass is 35.5. The van der Waals surface area contributed by atoms with E-state index in [-0.39, 0.29) is 18.7 Å². The molecule has 0 saturated heterocycles. The molecule has 1 unspecified atom stereocenters. The summed E-state index contributed by atoms with van der Waals surface area (Å²) in [6, 6.07) is 19.9. The Labute approximate surface area is 212 Å². The predicted octanol–water partition coefficient (Wildman–Crippen LogP) is 4.69. The summed E-state index contributed by atoms with van der Waals surface area (Å²) in [4.78, 5) is 4.46. The molecule has 4 N–H and O–H groups in total. The van der Waals surface area contributed by atoms with Gasteiger partial charge in [-0.15, -0.1) is 0 Å². The van der Waals surface area contributed by atoms with Gasteiger partial charge in [0.05, 0.1) is 59.3 Å². The number of fused-ring (bicyclic) bond motifs is 1. The van der Waals surface area contributed by atoms with Gasteiger partial charge in [-0.3, -0.25) is 10.4 Å². The Balaban J connectivity index is 1.66. The first-order valence-corrected chi connectivity index (χ1v) is 11.5. The maximum absolute atomic E-state index is 10.9. The van der Waals surface area contributed by atoms with E-state index in [1.54, 1.807) is 40.7 Å². The predicted molar refractivity (Wildman–Crippen MR) is 140 cm³/mol. The summed E-state index contributed by atoms with van der Waals surface area (Å²) in [5.74, 6) is 6.29. The summed E-state index contributed by atoms with van der Waals surface area (Å²) in [6.45, 7) is 0.360. The van der Waals surface area contributed by atoms with Gasteiger partial charge in [-0.05, 0) is 42.0 Å². The Hall–Kier alpha value is -3.59. The Morgan fingerprint density at radius 2 is 1.74 bits per heavy atom. The fourth-order valence-corrected chi connectivity index (χ4v) is 4.10. The van der Waals surface area contributed by atoms with E-state index in [9.17, 15) is 5.11 Å². The Morgan fingerprint density at radius 1 is 1.06 bits per heavy atom. The lowest BCUT2D eigenvalue weighted by Gasteiger charge is -2.13. The molecule has 0 radical (unpaired) electrons. The van der Waals surface area contributed by atoms with Crippen molar-refractivity contribution in [1.82, 2.24) is 9.13 Å². The zero-order valence-electron chi connectivity index (χ0n) is 18.9. The van der Waals surface area contributed by atoms with Crippen molar-refractivity contribution < 1.29 is 9.84 Å². The van der Waals surface area contributed by atoms with E-state index in [1.807, 2.05) is 48.5 Å². The number of nitrogens with zero attached hydrogens (tertiary/aromatic N) is 4. The van der Waals surface area contributed by atoms with Gasteiger partial charge in [-0.25, -0.2) is 0 Å². The van der Waals surface area contributed by atoms with Gasteiger partial charge in [0.1, 0.15) is 11.4 Å². The van der Waals surface area contributed by atoms with Crippen LogP contribution in [0.15, 0.2) is 76.8 Å². The van der Waals surface area contributed by atoms with Crippen LogP contribution in [0.2, 0.25) is 10.0 Å². The smallest absolute Gasteiger partial charge is 0.203 e. The molecule has 35 heavy (non-hydrogen) atoms. The molecule has 180 valence electrons. The highest BCUT2D eigenvalue weighted by Crippen LogP contribution is 2.27. The standard InChI is InChI=1S/C25H24Cl2N6O2/c1-35-24-9-5-2-6-20(24)30-13-17(31-29)14-32-21-7-3-4-8-22(21)33(25(32)28)15-23(34)16-10-11-18(26)19(27)12-16/h2-13,23,28,34H,14-15,29H2,1H3. The number of halogens is 2. The minimum Gasteiger partial charge on any atom is -0.494 e. The van der Waals surface area contributed by atoms with E-state index in [1.165, 1.54) is 0 Å². The van der Waals surface area contributed by atoms with Crippen LogP contribution in [0.3, 0.4) is 0 Å². The minimum absolute atomic E-state index is 0.148. The molecule has 0 saturated carbocycles. The van der Waals surface area contributed by atoms with E-state index < -0.39 is 6.10 Å². The number of para-hydroxylation sites is 4. The summed E-state index contributed by atoms with van der Waals surface area (Å²) < 4.78 is 8.83. The first kappa shape index (κ1) is 24.5. The van der Waals surface area contributed by atoms with Gasteiger partial charge in [-0.2, -0.15) is 5.10 Å². The van der Waals surface area contributed by atoms with Gasteiger partial charge in [0.25, 0.3) is 0 Å². The molecular formula is C25H24Cl2N6O2. The quantitative estimate of drug-likeness (QED) is 0.181. The summed E-state index contributed by atoms with van der Waals surface area (Å²) in [6.07, 6.45) is 0.661. The van der Waals surface area contributed by atoms with Crippen molar-refractivity contribution in [2.24, 2.45) is 15.9 Å². The molecule has 0 spiro atoms. The number of imidazole rings is 1. The topological polar surface area (TPSA) is 114 Å². The van der Waals surface area contributed by atoms with E-state index in [0.717, 1.165) is 11.0 Å². The van der Waals surface area contributed by atoms with Crippen molar-refractivity contribution in [3.63, 3.8) is 0 Å². The second-order valence-electron chi connectivity index (χ2n) is 7.75. The number of hydrogen-bond donors (Lipinski definition) is 3. The lowest BCUT2D eigenvalue weighted by molar-refractivity contribution is 0.156. The molecular weight excluding hydrogens is 487 g/mol. The van der Waals surface area contributed by atoms with E-state index in [4.69, 9.17) is 39.2 Å². The maximum Gasteiger partial charge on any atom is 0.203 e. The third kappa shape index (κ3) is 5.24. The number of aromatic nitrogens is 2. The van der Waals surface area contributed by atoms with Crippen LogP contribution in [0.25, 0.3) is 11.0 Å². The number of ether oxygens (including phenoxy) is 1. The molecule has 0 bridgehead atoms. The zero-order valence-corrected chi connectivity index (χ0v) is 20.4. The molecule has 0 fully saturated rings. The van der Waals surface area contributed by atoms with E-state index >= 15 is 0 Å². The highest BCUT2D eigenvalue weighted by Gasteiger charge is 2.17. The Bertz CT molecular complexity index is 1470. The number of aliphatic hydroxyl groups is 1. The number of aliphatic hydroxyl groups excluding tert-OH is 1. The molecule has 10 heteroatoms. The van der Waals surface area contributed by atoms with Gasteiger partial charge in [0.2, 0.25) is 5.62 Å². The number of benzene rings is 3. The lowest BCUT2D eigenvalue weighted by atomic mass is 10.1. The molecule has 1 atom stereocenters. The summed E-state index contributed by atoms with van der Waals surface area (Å²) in [5, 5.41) is 24.4. The number of hydrogen-bond acceptors (Lipinski definition) is 6. The van der Waals surface area contributed by atoms with Gasteiger partial charge in [-0.1, -0.05) is 53.5 Å². The largest absolute Gasteiger partial charge is 0.494 e. The van der Waals surface area contributed by atoms with Crippen molar-refractivity contribution in [2.45, 2.75) is 19.2 Å². The summed E-state index contributed by atoms with van der Waals surface area (Å²) in [5.41, 5.74) is 3.47. The fourth-order valence-electron chi connectivity index (χ4n) is 3.79. The first-order chi connectivity index (χ1) is 16.9. The van der Waals surface area contributed by atoms with Crippen molar-refractivity contribution in [3.8, 4) is 5.75 Å². The van der Waals surface area contributed by atoms with Crippen LogP contribution < -0.4 is 16.2 Å². The Morgan fingerprint density at radius 3 is 2.43 bits per heavy atom. The van der Waals surface area contributed by atoms with Gasteiger partial charge >= 0.3 is 0 Å². The van der Waals surface area contributed by atoms with Gasteiger partial charge in [0, 0.05) is 0 Å². The number of aliphatic imine (C=N–C) groups is 1. The molecule has 4 rings (SSSR count). The van der Waals surface area contributed by atoms with Crippen LogP contribution in [0, 0.1) is 5.41 Å². The molecule has 4 aromatic rings. The first-order valence-electron chi connectivity index (χ1n) is 10.7. The molecule has 0 aliphatic heterocycles. The molecule has 8 nitrogen and oxygen atoms in total. The number of rotatable bonds is 8. The van der Waals surface area contributed by atoms with Gasteiger partial charge in [0.15, 0.2) is 0 Å². The van der Waals surface area contributed by atoms with Crippen molar-refractivity contribution in [2.75, 3.05) is 7.11 Å². The van der Waals surface area contributed by atoms with Gasteiger partial charge < -0.3 is 24.8 Å². The van der Waals surface area contributed by atoms with Crippen LogP contribution >= 0.6 is 23.2 Å². The van der Waals surface area contributed by atoms with Crippen LogP contribution in [-0.4, -0.2) is 33.3 Å². The SMILES string of the molecule is COc1ccccc1N=CC(Cn1c(=N)n(CC(O)c2ccc(Cl)c(Cl)c2)c2ccccc21)=NN. The molecule has 0 amide bonds. The molecule has 0 aliphatic rings. The van der Waals surface area contributed by atoms with E-state index in [0.29, 0.717) is 32.8 Å². The third-order valence-corrected chi connectivity index (χ3v) is 6.32. The van der Waals surface area contributed by atoms with Crippen molar-refractivity contribution >= 4 is 51.8 Å². The molecule has 0 aliphatic carbocycles. The number of hydrazone groups is 1. The monoisotopic (exact) mass is 510 g/mol. The van der Waals surface area contributed by atoms with Crippen LogP contribution in [0.5, 0.6) is 5.75 Å². The minimum atomic E-state index is -0.895. The normalized spacial score (nSPS) is 13.0. The summed E-state index contributed by atoms with van der Waals surface area (Å²) in [7, 11) is 1.58.